The van der Waals surface area contributed by atoms with Crippen LogP contribution in [0.25, 0.3) is 11.3 Å². The van der Waals surface area contributed by atoms with E-state index < -0.39 is 23.7 Å². The monoisotopic (exact) mass is 443 g/mol. The number of aryl methyl sites for hydroxylation is 1. The van der Waals surface area contributed by atoms with E-state index in [-0.39, 0.29) is 23.7 Å². The van der Waals surface area contributed by atoms with Gasteiger partial charge in [0.15, 0.2) is 5.15 Å². The lowest BCUT2D eigenvalue weighted by Gasteiger charge is -2.19. The van der Waals surface area contributed by atoms with Crippen molar-refractivity contribution in [3.8, 4) is 11.3 Å². The number of carbonyl (C=O) groups is 1. The van der Waals surface area contributed by atoms with Gasteiger partial charge in [0.1, 0.15) is 5.69 Å². The van der Waals surface area contributed by atoms with Gasteiger partial charge in [0.05, 0.1) is 10.4 Å². The first kappa shape index (κ1) is 21.3. The van der Waals surface area contributed by atoms with Crippen LogP contribution in [0.3, 0.4) is 0 Å². The topological polar surface area (TPSA) is 85.8 Å². The molecule has 0 aliphatic carbocycles. The third-order valence-corrected chi connectivity index (χ3v) is 5.47. The molecule has 29 heavy (non-hydrogen) atoms. The number of thiophene rings is 1. The highest BCUT2D eigenvalue weighted by atomic mass is 35.5. The summed E-state index contributed by atoms with van der Waals surface area (Å²) in [6, 6.07) is 6.23. The second-order valence-electron chi connectivity index (χ2n) is 6.32. The number of nitrogens with zero attached hydrogens (tertiary/aromatic N) is 3. The highest BCUT2D eigenvalue weighted by molar-refractivity contribution is 7.12. The van der Waals surface area contributed by atoms with Gasteiger partial charge in [-0.05, 0) is 24.1 Å². The minimum absolute atomic E-state index is 0.00631. The zero-order valence-corrected chi connectivity index (χ0v) is 16.8. The molecular formula is C18H17ClF3N5OS. The molecule has 3 rings (SSSR count). The van der Waals surface area contributed by atoms with Crippen molar-refractivity contribution >= 4 is 28.8 Å². The van der Waals surface area contributed by atoms with Crippen LogP contribution in [0.5, 0.6) is 0 Å². The van der Waals surface area contributed by atoms with E-state index >= 15 is 0 Å². The van der Waals surface area contributed by atoms with Crippen LogP contribution >= 0.6 is 22.9 Å². The van der Waals surface area contributed by atoms with Crippen LogP contribution in [0.15, 0.2) is 35.7 Å². The predicted molar refractivity (Wildman–Crippen MR) is 105 cm³/mol. The summed E-state index contributed by atoms with van der Waals surface area (Å²) in [5.74, 6) is -0.424. The molecule has 3 N–H and O–H groups in total. The zero-order valence-electron chi connectivity index (χ0n) is 15.2. The fourth-order valence-corrected chi connectivity index (χ4v) is 3.97. The van der Waals surface area contributed by atoms with E-state index in [0.717, 1.165) is 6.07 Å². The van der Waals surface area contributed by atoms with Gasteiger partial charge in [0, 0.05) is 30.6 Å². The SMILES string of the molecule is Cn1nnc(Cl)c1-c1csc(C(=O)NC(CN)Cc2ccccc2C(F)(F)F)c1. The molecule has 1 atom stereocenters. The van der Waals surface area contributed by atoms with E-state index in [0.29, 0.717) is 16.1 Å². The van der Waals surface area contributed by atoms with Crippen LogP contribution in [0.2, 0.25) is 5.15 Å². The third-order valence-electron chi connectivity index (χ3n) is 4.29. The highest BCUT2D eigenvalue weighted by Gasteiger charge is 2.33. The predicted octanol–water partition coefficient (Wildman–Crippen LogP) is 3.52. The molecule has 2 heterocycles. The summed E-state index contributed by atoms with van der Waals surface area (Å²) in [6.07, 6.45) is -4.51. The Hall–Kier alpha value is -2.43. The van der Waals surface area contributed by atoms with E-state index in [2.05, 4.69) is 15.6 Å². The molecule has 0 aliphatic rings. The second kappa shape index (κ2) is 8.52. The van der Waals surface area contributed by atoms with Gasteiger partial charge < -0.3 is 11.1 Å². The summed E-state index contributed by atoms with van der Waals surface area (Å²) in [5.41, 5.74) is 6.28. The molecular weight excluding hydrogens is 427 g/mol. The molecule has 3 aromatic rings. The molecule has 1 unspecified atom stereocenters. The summed E-state index contributed by atoms with van der Waals surface area (Å²) in [6.45, 7) is -0.00631. The summed E-state index contributed by atoms with van der Waals surface area (Å²) in [5, 5.41) is 12.2. The Morgan fingerprint density at radius 3 is 2.72 bits per heavy atom. The fraction of sp³-hybridized carbons (Fsp3) is 0.278. The number of alkyl halides is 3. The third kappa shape index (κ3) is 4.77. The number of hydrogen-bond acceptors (Lipinski definition) is 5. The molecule has 0 fully saturated rings. The van der Waals surface area contributed by atoms with Crippen LogP contribution in [0, 0.1) is 0 Å². The van der Waals surface area contributed by atoms with Gasteiger partial charge in [0.25, 0.3) is 5.91 Å². The van der Waals surface area contributed by atoms with Crippen molar-refractivity contribution in [1.29, 1.82) is 0 Å². The van der Waals surface area contributed by atoms with Gasteiger partial charge in [-0.2, -0.15) is 13.2 Å². The standard InChI is InChI=1S/C18H17ClF3N5OS/c1-27-15(16(19)25-26-27)11-7-14(29-9-11)17(28)24-12(8-23)6-10-4-2-3-5-13(10)18(20,21)22/h2-5,7,9,12H,6,8,23H2,1H3,(H,24,28). The lowest BCUT2D eigenvalue weighted by molar-refractivity contribution is -0.138. The minimum Gasteiger partial charge on any atom is -0.347 e. The Labute approximate surface area is 173 Å². The first-order valence-corrected chi connectivity index (χ1v) is 9.76. The van der Waals surface area contributed by atoms with Crippen LogP contribution < -0.4 is 11.1 Å². The van der Waals surface area contributed by atoms with Crippen LogP contribution in [0.4, 0.5) is 13.2 Å². The summed E-state index contributed by atoms with van der Waals surface area (Å²) < 4.78 is 41.1. The zero-order chi connectivity index (χ0) is 21.2. The van der Waals surface area contributed by atoms with Gasteiger partial charge in [-0.15, -0.1) is 16.4 Å². The summed E-state index contributed by atoms with van der Waals surface area (Å²) in [7, 11) is 1.67. The number of halogens is 4. The number of hydrogen-bond donors (Lipinski definition) is 2. The number of amides is 1. The van der Waals surface area contributed by atoms with E-state index in [1.165, 1.54) is 34.2 Å². The molecule has 6 nitrogen and oxygen atoms in total. The van der Waals surface area contributed by atoms with Gasteiger partial charge in [-0.25, -0.2) is 4.68 Å². The van der Waals surface area contributed by atoms with Gasteiger partial charge in [-0.1, -0.05) is 35.0 Å². The van der Waals surface area contributed by atoms with Gasteiger partial charge >= 0.3 is 6.18 Å². The maximum atomic E-state index is 13.2. The summed E-state index contributed by atoms with van der Waals surface area (Å²) >= 11 is 7.20. The average Bonchev–Trinajstić information content (AvgIpc) is 3.27. The van der Waals surface area contributed by atoms with Gasteiger partial charge in [-0.3, -0.25) is 4.79 Å². The Morgan fingerprint density at radius 2 is 2.10 bits per heavy atom. The lowest BCUT2D eigenvalue weighted by Crippen LogP contribution is -2.41. The van der Waals surface area contributed by atoms with Crippen LogP contribution in [-0.2, 0) is 19.6 Å². The number of nitrogens with two attached hydrogens (primary N) is 1. The quantitative estimate of drug-likeness (QED) is 0.610. The van der Waals surface area contributed by atoms with E-state index in [9.17, 15) is 18.0 Å². The molecule has 0 saturated heterocycles. The van der Waals surface area contributed by atoms with Crippen molar-refractivity contribution in [2.24, 2.45) is 12.8 Å². The number of benzene rings is 1. The van der Waals surface area contributed by atoms with Crippen LogP contribution in [-0.4, -0.2) is 33.5 Å². The number of carbonyl (C=O) groups excluding carboxylic acids is 1. The Bertz CT molecular complexity index is 998. The molecule has 11 heteroatoms. The second-order valence-corrected chi connectivity index (χ2v) is 7.59. The Balaban J connectivity index is 1.75. The normalized spacial score (nSPS) is 12.8. The van der Waals surface area contributed by atoms with Crippen molar-refractivity contribution in [3.05, 3.63) is 56.9 Å². The maximum Gasteiger partial charge on any atom is 0.416 e. The van der Waals surface area contributed by atoms with Crippen molar-refractivity contribution in [3.63, 3.8) is 0 Å². The molecule has 1 amide bonds. The van der Waals surface area contributed by atoms with Gasteiger partial charge in [0.2, 0.25) is 0 Å². The Kier molecular flexibility index (Phi) is 6.25. The maximum absolute atomic E-state index is 13.2. The number of aromatic nitrogens is 3. The molecule has 0 aliphatic heterocycles. The van der Waals surface area contributed by atoms with Crippen LogP contribution in [0.1, 0.15) is 20.8 Å². The van der Waals surface area contributed by atoms with Crippen molar-refractivity contribution in [2.75, 3.05) is 6.54 Å². The molecule has 0 spiro atoms. The average molecular weight is 444 g/mol. The van der Waals surface area contributed by atoms with E-state index in [4.69, 9.17) is 17.3 Å². The Morgan fingerprint density at radius 1 is 1.38 bits per heavy atom. The van der Waals surface area contributed by atoms with Crippen molar-refractivity contribution < 1.29 is 18.0 Å². The minimum atomic E-state index is -4.47. The summed E-state index contributed by atoms with van der Waals surface area (Å²) in [4.78, 5) is 13.0. The first-order chi connectivity index (χ1) is 13.7. The van der Waals surface area contributed by atoms with E-state index in [1.54, 1.807) is 18.5 Å². The van der Waals surface area contributed by atoms with Crippen molar-refractivity contribution in [2.45, 2.75) is 18.6 Å². The molecule has 2 aromatic heterocycles. The molecule has 1 aromatic carbocycles. The largest absolute Gasteiger partial charge is 0.416 e. The molecule has 0 saturated carbocycles. The van der Waals surface area contributed by atoms with E-state index in [1.807, 2.05) is 0 Å². The highest BCUT2D eigenvalue weighted by Crippen LogP contribution is 2.32. The smallest absolute Gasteiger partial charge is 0.347 e. The number of rotatable bonds is 6. The molecule has 154 valence electrons. The molecule has 0 radical (unpaired) electrons. The van der Waals surface area contributed by atoms with Crippen molar-refractivity contribution in [1.82, 2.24) is 20.3 Å². The molecule has 0 bridgehead atoms. The fourth-order valence-electron chi connectivity index (χ4n) is 2.91. The lowest BCUT2D eigenvalue weighted by atomic mass is 9.99. The first-order valence-electron chi connectivity index (χ1n) is 8.50. The number of nitrogens with one attached hydrogen (secondary N) is 1.